The number of thioether (sulfide) groups is 1. The minimum absolute atomic E-state index is 0.231. The maximum atomic E-state index is 11.5. The first-order valence-electron chi connectivity index (χ1n) is 6.14. The summed E-state index contributed by atoms with van der Waals surface area (Å²) in [5.41, 5.74) is 0.231. The zero-order valence-electron chi connectivity index (χ0n) is 11.0. The molecule has 0 atom stereocenters. The minimum atomic E-state index is -0.977. The van der Waals surface area contributed by atoms with E-state index in [2.05, 4.69) is 0 Å². The number of hydrogen-bond donors (Lipinski definition) is 1. The van der Waals surface area contributed by atoms with Gasteiger partial charge in [0, 0.05) is 4.90 Å². The van der Waals surface area contributed by atoms with E-state index in [4.69, 9.17) is 23.2 Å². The molecule has 0 aliphatic carbocycles. The van der Waals surface area contributed by atoms with Gasteiger partial charge in [0.15, 0.2) is 0 Å². The highest BCUT2D eigenvalue weighted by Crippen LogP contribution is 2.36. The second-order valence-electron chi connectivity index (χ2n) is 4.63. The first kappa shape index (κ1) is 14.5. The summed E-state index contributed by atoms with van der Waals surface area (Å²) in [6.07, 6.45) is 1.98. The van der Waals surface area contributed by atoms with Gasteiger partial charge < -0.3 is 5.11 Å². The Morgan fingerprint density at radius 3 is 2.29 bits per heavy atom. The van der Waals surface area contributed by atoms with Crippen molar-refractivity contribution in [3.05, 3.63) is 52.0 Å². The molecule has 0 fully saturated rings. The zero-order valence-corrected chi connectivity index (χ0v) is 13.3. The maximum Gasteiger partial charge on any atom is 0.336 e. The summed E-state index contributed by atoms with van der Waals surface area (Å²) in [5.74, 6) is -0.977. The van der Waals surface area contributed by atoms with Crippen molar-refractivity contribution in [2.24, 2.45) is 0 Å². The van der Waals surface area contributed by atoms with Crippen LogP contribution < -0.4 is 0 Å². The molecular formula is C16H10Cl2O2S. The van der Waals surface area contributed by atoms with Crippen LogP contribution in [0.3, 0.4) is 0 Å². The fourth-order valence-electron chi connectivity index (χ4n) is 2.44. The Hall–Kier alpha value is -1.42. The molecule has 0 saturated carbocycles. The smallest absolute Gasteiger partial charge is 0.336 e. The molecule has 0 radical (unpaired) electrons. The Kier molecular flexibility index (Phi) is 3.74. The molecule has 5 heteroatoms. The monoisotopic (exact) mass is 336 g/mol. The van der Waals surface area contributed by atoms with Crippen LogP contribution in [-0.4, -0.2) is 17.3 Å². The molecule has 0 heterocycles. The van der Waals surface area contributed by atoms with Crippen molar-refractivity contribution in [2.75, 3.05) is 6.26 Å². The van der Waals surface area contributed by atoms with Gasteiger partial charge in [0.1, 0.15) is 0 Å². The van der Waals surface area contributed by atoms with Gasteiger partial charge in [-0.15, -0.1) is 11.8 Å². The van der Waals surface area contributed by atoms with Gasteiger partial charge in [-0.25, -0.2) is 4.79 Å². The number of fused-ring (bicyclic) bond motifs is 3. The highest BCUT2D eigenvalue weighted by Gasteiger charge is 2.14. The lowest BCUT2D eigenvalue weighted by molar-refractivity contribution is 0.0699. The molecule has 0 unspecified atom stereocenters. The summed E-state index contributed by atoms with van der Waals surface area (Å²) in [4.78, 5) is 12.6. The van der Waals surface area contributed by atoms with E-state index < -0.39 is 5.97 Å². The number of aromatic carboxylic acids is 1. The lowest BCUT2D eigenvalue weighted by Crippen LogP contribution is -1.98. The number of carboxylic acids is 1. The number of benzene rings is 3. The summed E-state index contributed by atoms with van der Waals surface area (Å²) in [7, 11) is 0. The van der Waals surface area contributed by atoms with E-state index in [0.717, 1.165) is 21.1 Å². The summed E-state index contributed by atoms with van der Waals surface area (Å²) < 4.78 is 0. The first-order valence-corrected chi connectivity index (χ1v) is 8.12. The van der Waals surface area contributed by atoms with Crippen LogP contribution in [0.1, 0.15) is 10.4 Å². The van der Waals surface area contributed by atoms with Gasteiger partial charge in [-0.2, -0.15) is 0 Å². The van der Waals surface area contributed by atoms with E-state index in [1.54, 1.807) is 30.0 Å². The van der Waals surface area contributed by atoms with E-state index in [1.807, 2.05) is 24.5 Å². The molecule has 3 aromatic carbocycles. The predicted octanol–water partition coefficient (Wildman–Crippen LogP) is 5.72. The van der Waals surface area contributed by atoms with Gasteiger partial charge in [-0.3, -0.25) is 0 Å². The van der Waals surface area contributed by atoms with Crippen molar-refractivity contribution < 1.29 is 9.90 Å². The first-order chi connectivity index (χ1) is 10.0. The molecule has 21 heavy (non-hydrogen) atoms. The summed E-state index contributed by atoms with van der Waals surface area (Å²) in [5, 5.41) is 13.5. The van der Waals surface area contributed by atoms with E-state index in [0.29, 0.717) is 15.4 Å². The predicted molar refractivity (Wildman–Crippen MR) is 90.2 cm³/mol. The molecule has 0 spiro atoms. The van der Waals surface area contributed by atoms with Crippen molar-refractivity contribution in [3.63, 3.8) is 0 Å². The van der Waals surface area contributed by atoms with Crippen molar-refractivity contribution in [2.45, 2.75) is 4.90 Å². The highest BCUT2D eigenvalue weighted by atomic mass is 35.5. The standard InChI is InChI=1S/C16H10Cl2O2S/c1-21-9-2-3-10-8(4-9)5-13(16(19)20)12-7-15(18)14(17)6-11(10)12/h2-7H,1H3,(H,19,20). The van der Waals surface area contributed by atoms with Gasteiger partial charge in [0.2, 0.25) is 0 Å². The van der Waals surface area contributed by atoms with Crippen LogP contribution in [0, 0.1) is 0 Å². The van der Waals surface area contributed by atoms with Crippen LogP contribution in [0.2, 0.25) is 10.0 Å². The van der Waals surface area contributed by atoms with E-state index in [1.165, 1.54) is 0 Å². The van der Waals surface area contributed by atoms with Crippen molar-refractivity contribution in [1.82, 2.24) is 0 Å². The summed E-state index contributed by atoms with van der Waals surface area (Å²) >= 11 is 13.7. The fraction of sp³-hybridized carbons (Fsp3) is 0.0625. The molecule has 0 amide bonds. The lowest BCUT2D eigenvalue weighted by Gasteiger charge is -2.10. The van der Waals surface area contributed by atoms with Gasteiger partial charge in [-0.05, 0) is 58.1 Å². The van der Waals surface area contributed by atoms with Crippen LogP contribution in [0.5, 0.6) is 0 Å². The van der Waals surface area contributed by atoms with E-state index in [9.17, 15) is 9.90 Å². The van der Waals surface area contributed by atoms with Crippen molar-refractivity contribution >= 4 is 62.5 Å². The average Bonchev–Trinajstić information content (AvgIpc) is 2.47. The topological polar surface area (TPSA) is 37.3 Å². The average molecular weight is 337 g/mol. The maximum absolute atomic E-state index is 11.5. The van der Waals surface area contributed by atoms with Crippen molar-refractivity contribution in [3.8, 4) is 0 Å². The molecule has 106 valence electrons. The zero-order chi connectivity index (χ0) is 15.1. The van der Waals surface area contributed by atoms with Gasteiger partial charge in [-0.1, -0.05) is 29.3 Å². The number of halogens is 2. The van der Waals surface area contributed by atoms with Crippen LogP contribution in [0.4, 0.5) is 0 Å². The molecule has 0 aliphatic heterocycles. The van der Waals surface area contributed by atoms with Gasteiger partial charge >= 0.3 is 5.97 Å². The molecule has 1 N–H and O–H groups in total. The van der Waals surface area contributed by atoms with Gasteiger partial charge in [0.25, 0.3) is 0 Å². The van der Waals surface area contributed by atoms with Crippen LogP contribution in [0.15, 0.2) is 41.3 Å². The summed E-state index contributed by atoms with van der Waals surface area (Å²) in [6, 6.07) is 11.0. The Bertz CT molecular complexity index is 890. The Balaban J connectivity index is 2.52. The molecule has 2 nitrogen and oxygen atoms in total. The fourth-order valence-corrected chi connectivity index (χ4v) is 3.21. The molecule has 0 aliphatic rings. The highest BCUT2D eigenvalue weighted by molar-refractivity contribution is 7.98. The quantitative estimate of drug-likeness (QED) is 0.480. The number of rotatable bonds is 2. The van der Waals surface area contributed by atoms with Crippen LogP contribution >= 0.6 is 35.0 Å². The SMILES string of the molecule is CSc1ccc2c(c1)cc(C(=O)O)c1cc(Cl)c(Cl)cc12. The van der Waals surface area contributed by atoms with Crippen LogP contribution in [0.25, 0.3) is 21.5 Å². The molecular weight excluding hydrogens is 327 g/mol. The lowest BCUT2D eigenvalue weighted by atomic mass is 9.97. The van der Waals surface area contributed by atoms with Crippen molar-refractivity contribution in [1.29, 1.82) is 0 Å². The Morgan fingerprint density at radius 2 is 1.67 bits per heavy atom. The van der Waals surface area contributed by atoms with E-state index in [-0.39, 0.29) is 5.56 Å². The number of carboxylic acid groups (broad SMARTS) is 1. The second kappa shape index (κ2) is 5.41. The largest absolute Gasteiger partial charge is 0.478 e. The molecule has 3 rings (SSSR count). The third kappa shape index (κ3) is 2.46. The van der Waals surface area contributed by atoms with E-state index >= 15 is 0 Å². The molecule has 0 bridgehead atoms. The van der Waals surface area contributed by atoms with Gasteiger partial charge in [0.05, 0.1) is 15.6 Å². The number of hydrogen-bond acceptors (Lipinski definition) is 2. The Morgan fingerprint density at radius 1 is 1.00 bits per heavy atom. The number of carbonyl (C=O) groups is 1. The third-order valence-electron chi connectivity index (χ3n) is 3.43. The molecule has 0 saturated heterocycles. The normalized spacial score (nSPS) is 11.2. The van der Waals surface area contributed by atoms with Crippen LogP contribution in [-0.2, 0) is 0 Å². The summed E-state index contributed by atoms with van der Waals surface area (Å²) in [6.45, 7) is 0. The second-order valence-corrected chi connectivity index (χ2v) is 6.32. The molecule has 0 aromatic heterocycles. The Labute approximate surface area is 135 Å². The minimum Gasteiger partial charge on any atom is -0.478 e. The molecule has 3 aromatic rings. The third-order valence-corrected chi connectivity index (χ3v) is 4.88.